The van der Waals surface area contributed by atoms with E-state index in [9.17, 15) is 9.59 Å². The second-order valence-electron chi connectivity index (χ2n) is 7.98. The SMILES string of the molecule is CCOC(=O)c1ccc(Cc2cccc3c(=O)n(CCc4ccccc4)c(CC)nc23)cc1. The van der Waals surface area contributed by atoms with Crippen molar-refractivity contribution in [2.75, 3.05) is 6.61 Å². The molecule has 0 saturated heterocycles. The number of rotatable bonds is 8. The van der Waals surface area contributed by atoms with Gasteiger partial charge < -0.3 is 4.74 Å². The third-order valence-electron chi connectivity index (χ3n) is 5.79. The molecule has 4 rings (SSSR count). The standard InChI is InChI=1S/C28H28N2O3/c1-3-25-29-26-23(19-21-13-15-22(16-14-21)28(32)33-4-2)11-8-12-24(26)27(31)30(25)18-17-20-9-6-5-7-10-20/h5-16H,3-4,17-19H2,1-2H3. The van der Waals surface area contributed by atoms with Gasteiger partial charge in [0.05, 0.1) is 23.1 Å². The third kappa shape index (κ3) is 5.03. The minimum Gasteiger partial charge on any atom is -0.462 e. The Morgan fingerprint density at radius 1 is 0.909 bits per heavy atom. The number of aryl methyl sites for hydroxylation is 2. The largest absolute Gasteiger partial charge is 0.462 e. The molecule has 0 aliphatic heterocycles. The van der Waals surface area contributed by atoms with Crippen LogP contribution in [0.4, 0.5) is 0 Å². The van der Waals surface area contributed by atoms with E-state index in [4.69, 9.17) is 9.72 Å². The Balaban J connectivity index is 1.64. The molecule has 0 saturated carbocycles. The quantitative estimate of drug-likeness (QED) is 0.363. The van der Waals surface area contributed by atoms with Gasteiger partial charge >= 0.3 is 5.97 Å². The first-order chi connectivity index (χ1) is 16.1. The van der Waals surface area contributed by atoms with Crippen molar-refractivity contribution < 1.29 is 9.53 Å². The van der Waals surface area contributed by atoms with Crippen molar-refractivity contribution in [2.45, 2.75) is 39.7 Å². The lowest BCUT2D eigenvalue weighted by molar-refractivity contribution is 0.0526. The van der Waals surface area contributed by atoms with E-state index in [0.717, 1.165) is 28.9 Å². The molecule has 4 aromatic rings. The van der Waals surface area contributed by atoms with E-state index in [1.807, 2.05) is 60.0 Å². The number of hydrogen-bond donors (Lipinski definition) is 0. The average molecular weight is 441 g/mol. The predicted molar refractivity (Wildman–Crippen MR) is 131 cm³/mol. The minimum absolute atomic E-state index is 0.00675. The summed E-state index contributed by atoms with van der Waals surface area (Å²) in [4.78, 5) is 30.2. The molecule has 0 amide bonds. The molecule has 168 valence electrons. The van der Waals surface area contributed by atoms with Gasteiger partial charge in [-0.1, -0.05) is 61.5 Å². The topological polar surface area (TPSA) is 61.2 Å². The van der Waals surface area contributed by atoms with Crippen LogP contribution in [0.3, 0.4) is 0 Å². The fraction of sp³-hybridized carbons (Fsp3) is 0.250. The Morgan fingerprint density at radius 2 is 1.67 bits per heavy atom. The van der Waals surface area contributed by atoms with Crippen molar-refractivity contribution in [1.82, 2.24) is 9.55 Å². The van der Waals surface area contributed by atoms with Crippen LogP contribution in [0, 0.1) is 0 Å². The van der Waals surface area contributed by atoms with Gasteiger partial charge in [0.25, 0.3) is 5.56 Å². The van der Waals surface area contributed by atoms with Crippen LogP contribution in [-0.2, 0) is 30.5 Å². The highest BCUT2D eigenvalue weighted by Crippen LogP contribution is 2.19. The predicted octanol–water partition coefficient (Wildman–Crippen LogP) is 4.97. The normalized spacial score (nSPS) is 11.0. The summed E-state index contributed by atoms with van der Waals surface area (Å²) < 4.78 is 6.87. The molecule has 0 aliphatic rings. The molecule has 0 atom stereocenters. The number of carbonyl (C=O) groups is 1. The molecule has 1 aromatic heterocycles. The second-order valence-corrected chi connectivity index (χ2v) is 7.98. The zero-order valence-electron chi connectivity index (χ0n) is 19.1. The first-order valence-electron chi connectivity index (χ1n) is 11.4. The lowest BCUT2D eigenvalue weighted by Crippen LogP contribution is -2.26. The van der Waals surface area contributed by atoms with Crippen LogP contribution >= 0.6 is 0 Å². The smallest absolute Gasteiger partial charge is 0.338 e. The maximum absolute atomic E-state index is 13.4. The Hall–Kier alpha value is -3.73. The maximum Gasteiger partial charge on any atom is 0.338 e. The lowest BCUT2D eigenvalue weighted by Gasteiger charge is -2.14. The Morgan fingerprint density at radius 3 is 2.36 bits per heavy atom. The van der Waals surface area contributed by atoms with E-state index < -0.39 is 0 Å². The van der Waals surface area contributed by atoms with Gasteiger partial charge in [-0.15, -0.1) is 0 Å². The molecule has 5 heteroatoms. The number of aromatic nitrogens is 2. The first kappa shape index (κ1) is 22.5. The second kappa shape index (κ2) is 10.3. The molecule has 0 N–H and O–H groups in total. The number of benzene rings is 3. The van der Waals surface area contributed by atoms with Crippen molar-refractivity contribution in [3.8, 4) is 0 Å². The summed E-state index contributed by atoms with van der Waals surface area (Å²) in [5.74, 6) is 0.480. The third-order valence-corrected chi connectivity index (χ3v) is 5.79. The molecule has 0 fully saturated rings. The molecule has 0 bridgehead atoms. The highest BCUT2D eigenvalue weighted by molar-refractivity contribution is 5.89. The van der Waals surface area contributed by atoms with Crippen molar-refractivity contribution >= 4 is 16.9 Å². The number of carbonyl (C=O) groups excluding carboxylic acids is 1. The van der Waals surface area contributed by atoms with Crippen LogP contribution in [0.5, 0.6) is 0 Å². The first-order valence-corrected chi connectivity index (χ1v) is 11.4. The number of ether oxygens (including phenoxy) is 1. The van der Waals surface area contributed by atoms with Gasteiger partial charge in [0.15, 0.2) is 0 Å². The van der Waals surface area contributed by atoms with Crippen molar-refractivity contribution in [3.05, 3.63) is 111 Å². The highest BCUT2D eigenvalue weighted by atomic mass is 16.5. The van der Waals surface area contributed by atoms with Crippen LogP contribution in [0.1, 0.15) is 46.7 Å². The number of fused-ring (bicyclic) bond motifs is 1. The van der Waals surface area contributed by atoms with Crippen molar-refractivity contribution in [1.29, 1.82) is 0 Å². The molecular formula is C28H28N2O3. The van der Waals surface area contributed by atoms with Crippen molar-refractivity contribution in [2.24, 2.45) is 0 Å². The summed E-state index contributed by atoms with van der Waals surface area (Å²) in [6, 6.07) is 23.4. The van der Waals surface area contributed by atoms with Gasteiger partial charge in [-0.05, 0) is 54.7 Å². The van der Waals surface area contributed by atoms with Gasteiger partial charge in [0, 0.05) is 13.0 Å². The number of para-hydroxylation sites is 1. The molecule has 0 radical (unpaired) electrons. The monoisotopic (exact) mass is 440 g/mol. The van der Waals surface area contributed by atoms with Crippen molar-refractivity contribution in [3.63, 3.8) is 0 Å². The zero-order valence-corrected chi connectivity index (χ0v) is 19.1. The Kier molecular flexibility index (Phi) is 6.98. The molecule has 0 aliphatic carbocycles. The molecule has 0 unspecified atom stereocenters. The summed E-state index contributed by atoms with van der Waals surface area (Å²) in [6.45, 7) is 4.78. The van der Waals surface area contributed by atoms with Gasteiger partial charge in [0.2, 0.25) is 0 Å². The van der Waals surface area contributed by atoms with Gasteiger partial charge in [-0.25, -0.2) is 9.78 Å². The number of hydrogen-bond acceptors (Lipinski definition) is 4. The molecular weight excluding hydrogens is 412 g/mol. The summed E-state index contributed by atoms with van der Waals surface area (Å²) in [6.07, 6.45) is 2.10. The molecule has 3 aromatic carbocycles. The highest BCUT2D eigenvalue weighted by Gasteiger charge is 2.14. The molecule has 33 heavy (non-hydrogen) atoms. The van der Waals surface area contributed by atoms with E-state index in [1.165, 1.54) is 5.56 Å². The van der Waals surface area contributed by atoms with Gasteiger partial charge in [-0.3, -0.25) is 9.36 Å². The maximum atomic E-state index is 13.4. The fourth-order valence-electron chi connectivity index (χ4n) is 4.07. The Bertz CT molecular complexity index is 1310. The lowest BCUT2D eigenvalue weighted by atomic mass is 10.0. The Labute approximate surface area is 193 Å². The summed E-state index contributed by atoms with van der Waals surface area (Å²) in [5.41, 5.74) is 4.54. The molecule has 0 spiro atoms. The van der Waals surface area contributed by atoms with Crippen LogP contribution in [-0.4, -0.2) is 22.1 Å². The van der Waals surface area contributed by atoms with E-state index in [1.54, 1.807) is 19.1 Å². The van der Waals surface area contributed by atoms with Crippen LogP contribution in [0.15, 0.2) is 77.6 Å². The van der Waals surface area contributed by atoms with E-state index in [2.05, 4.69) is 12.1 Å². The number of esters is 1. The van der Waals surface area contributed by atoms with Gasteiger partial charge in [0.1, 0.15) is 5.82 Å². The molecule has 1 heterocycles. The zero-order chi connectivity index (χ0) is 23.2. The summed E-state index contributed by atoms with van der Waals surface area (Å²) in [5, 5.41) is 0.640. The summed E-state index contributed by atoms with van der Waals surface area (Å²) >= 11 is 0. The van der Waals surface area contributed by atoms with Crippen LogP contribution in [0.25, 0.3) is 10.9 Å². The number of nitrogens with zero attached hydrogens (tertiary/aromatic N) is 2. The van der Waals surface area contributed by atoms with E-state index in [-0.39, 0.29) is 11.5 Å². The fourth-order valence-corrected chi connectivity index (χ4v) is 4.07. The molecule has 5 nitrogen and oxygen atoms in total. The minimum atomic E-state index is -0.320. The van der Waals surface area contributed by atoms with E-state index in [0.29, 0.717) is 36.9 Å². The van der Waals surface area contributed by atoms with E-state index >= 15 is 0 Å². The van der Waals surface area contributed by atoms with Gasteiger partial charge in [-0.2, -0.15) is 0 Å². The van der Waals surface area contributed by atoms with Crippen LogP contribution in [0.2, 0.25) is 0 Å². The average Bonchev–Trinajstić information content (AvgIpc) is 2.85. The van der Waals surface area contributed by atoms with Crippen LogP contribution < -0.4 is 5.56 Å². The summed E-state index contributed by atoms with van der Waals surface area (Å²) in [7, 11) is 0.